The summed E-state index contributed by atoms with van der Waals surface area (Å²) in [6.07, 6.45) is 0.497. The van der Waals surface area contributed by atoms with Crippen molar-refractivity contribution in [3.8, 4) is 0 Å². The van der Waals surface area contributed by atoms with Gasteiger partial charge in [0.25, 0.3) is 0 Å². The third-order valence-electron chi connectivity index (χ3n) is 4.93. The van der Waals surface area contributed by atoms with Crippen LogP contribution in [0.4, 0.5) is 4.79 Å². The maximum absolute atomic E-state index is 12.3. The lowest BCUT2D eigenvalue weighted by molar-refractivity contribution is -0.0762. The molecular weight excluding hydrogens is 348 g/mol. The maximum atomic E-state index is 12.3. The third-order valence-corrected chi connectivity index (χ3v) is 4.93. The summed E-state index contributed by atoms with van der Waals surface area (Å²) in [5, 5.41) is 3.52. The highest BCUT2D eigenvalue weighted by Gasteiger charge is 2.44. The molecule has 2 atom stereocenters. The number of likely N-dealkylation sites (tertiary alicyclic amines) is 1. The number of nitrogens with one attached hydrogen (secondary N) is 1. The number of methoxy groups -OCH3 is 1. The molecule has 1 spiro atoms. The fourth-order valence-corrected chi connectivity index (χ4v) is 3.45. The Morgan fingerprint density at radius 2 is 1.96 bits per heavy atom. The number of hydrogen-bond acceptors (Lipinski definition) is 6. The Balaban J connectivity index is 1.56. The standard InChI is InChI=1S/C20H28N2O5/c1-19(2,3)27-18(24)22-10-9-20(13-22)12-21-16(11-26-20)14-5-7-15(8-6-14)17(23)25-4/h5-8,16,21H,9-13H2,1-4H3/t16-,20-/m0/s1. The molecule has 27 heavy (non-hydrogen) atoms. The van der Waals surface area contributed by atoms with Crippen molar-refractivity contribution in [2.75, 3.05) is 33.4 Å². The van der Waals surface area contributed by atoms with Crippen molar-refractivity contribution < 1.29 is 23.8 Å². The van der Waals surface area contributed by atoms with Gasteiger partial charge in [-0.3, -0.25) is 0 Å². The molecule has 0 unspecified atom stereocenters. The van der Waals surface area contributed by atoms with Crippen molar-refractivity contribution in [1.82, 2.24) is 10.2 Å². The van der Waals surface area contributed by atoms with Crippen LogP contribution in [-0.2, 0) is 14.2 Å². The Labute approximate surface area is 160 Å². The van der Waals surface area contributed by atoms with Crippen molar-refractivity contribution in [2.24, 2.45) is 0 Å². The summed E-state index contributed by atoms with van der Waals surface area (Å²) in [7, 11) is 1.37. The first-order valence-electron chi connectivity index (χ1n) is 9.25. The van der Waals surface area contributed by atoms with Gasteiger partial charge in [0, 0.05) is 13.1 Å². The van der Waals surface area contributed by atoms with Gasteiger partial charge < -0.3 is 24.4 Å². The van der Waals surface area contributed by atoms with Crippen molar-refractivity contribution in [3.63, 3.8) is 0 Å². The largest absolute Gasteiger partial charge is 0.465 e. The highest BCUT2D eigenvalue weighted by Crippen LogP contribution is 2.31. The van der Waals surface area contributed by atoms with Crippen LogP contribution in [-0.4, -0.2) is 61.5 Å². The van der Waals surface area contributed by atoms with Crippen LogP contribution < -0.4 is 5.32 Å². The molecule has 1 N–H and O–H groups in total. The minimum absolute atomic E-state index is 0.0536. The average Bonchev–Trinajstić information content (AvgIpc) is 3.04. The minimum atomic E-state index is -0.500. The van der Waals surface area contributed by atoms with Crippen LogP contribution in [0.25, 0.3) is 0 Å². The molecule has 2 aliphatic rings. The quantitative estimate of drug-likeness (QED) is 0.800. The Morgan fingerprint density at radius 1 is 1.26 bits per heavy atom. The zero-order valence-electron chi connectivity index (χ0n) is 16.4. The van der Waals surface area contributed by atoms with E-state index < -0.39 is 5.60 Å². The smallest absolute Gasteiger partial charge is 0.410 e. The second-order valence-electron chi connectivity index (χ2n) is 8.19. The number of nitrogens with zero attached hydrogens (tertiary/aromatic N) is 1. The van der Waals surface area contributed by atoms with Crippen molar-refractivity contribution in [2.45, 2.75) is 44.4 Å². The number of amides is 1. The van der Waals surface area contributed by atoms with Gasteiger partial charge in [0.05, 0.1) is 37.5 Å². The van der Waals surface area contributed by atoms with Crippen LogP contribution in [0, 0.1) is 0 Å². The fraction of sp³-hybridized carbons (Fsp3) is 0.600. The normalized spacial score (nSPS) is 25.5. The van der Waals surface area contributed by atoms with E-state index in [0.29, 0.717) is 31.8 Å². The van der Waals surface area contributed by atoms with Gasteiger partial charge in [-0.05, 0) is 44.9 Å². The summed E-state index contributed by atoms with van der Waals surface area (Å²) in [6.45, 7) is 7.94. The van der Waals surface area contributed by atoms with Crippen LogP contribution in [0.15, 0.2) is 24.3 Å². The van der Waals surface area contributed by atoms with Crippen molar-refractivity contribution >= 4 is 12.1 Å². The molecule has 1 amide bonds. The van der Waals surface area contributed by atoms with Gasteiger partial charge in [-0.25, -0.2) is 9.59 Å². The minimum Gasteiger partial charge on any atom is -0.465 e. The highest BCUT2D eigenvalue weighted by molar-refractivity contribution is 5.89. The van der Waals surface area contributed by atoms with Gasteiger partial charge in [0.1, 0.15) is 5.60 Å². The Morgan fingerprint density at radius 3 is 2.52 bits per heavy atom. The molecule has 0 radical (unpaired) electrons. The average molecular weight is 376 g/mol. The van der Waals surface area contributed by atoms with Gasteiger partial charge in [0.15, 0.2) is 0 Å². The molecule has 1 aromatic rings. The predicted octanol–water partition coefficient (Wildman–Crippen LogP) is 2.51. The fourth-order valence-electron chi connectivity index (χ4n) is 3.45. The molecule has 148 valence electrons. The highest BCUT2D eigenvalue weighted by atomic mass is 16.6. The number of rotatable bonds is 2. The first-order valence-corrected chi connectivity index (χ1v) is 9.25. The van der Waals surface area contributed by atoms with E-state index in [-0.39, 0.29) is 23.7 Å². The van der Waals surface area contributed by atoms with Crippen LogP contribution in [0.1, 0.15) is 49.2 Å². The molecule has 2 heterocycles. The molecule has 0 bridgehead atoms. The second-order valence-corrected chi connectivity index (χ2v) is 8.19. The first kappa shape index (κ1) is 19.6. The van der Waals surface area contributed by atoms with Crippen molar-refractivity contribution in [1.29, 1.82) is 0 Å². The molecular formula is C20H28N2O5. The molecule has 2 saturated heterocycles. The molecule has 2 fully saturated rings. The third kappa shape index (κ3) is 4.59. The molecule has 3 rings (SSSR count). The monoisotopic (exact) mass is 376 g/mol. The molecule has 0 aromatic heterocycles. The number of carbonyl (C=O) groups is 2. The summed E-state index contributed by atoms with van der Waals surface area (Å²) < 4.78 is 16.4. The predicted molar refractivity (Wildman–Crippen MR) is 99.6 cm³/mol. The van der Waals surface area contributed by atoms with Crippen LogP contribution in [0.5, 0.6) is 0 Å². The molecule has 0 saturated carbocycles. The molecule has 1 aromatic carbocycles. The van der Waals surface area contributed by atoms with Gasteiger partial charge in [-0.15, -0.1) is 0 Å². The van der Waals surface area contributed by atoms with E-state index in [4.69, 9.17) is 14.2 Å². The summed E-state index contributed by atoms with van der Waals surface area (Å²) in [5.41, 5.74) is 0.719. The Kier molecular flexibility index (Phi) is 5.44. The first-order chi connectivity index (χ1) is 12.7. The van der Waals surface area contributed by atoms with E-state index in [2.05, 4.69) is 5.32 Å². The molecule has 2 aliphatic heterocycles. The van der Waals surface area contributed by atoms with E-state index in [1.807, 2.05) is 32.9 Å². The second kappa shape index (κ2) is 7.48. The SMILES string of the molecule is COC(=O)c1ccc([C@@H]2CO[C@@]3(CCN(C(=O)OC(C)(C)C)C3)CN2)cc1. The summed E-state index contributed by atoms with van der Waals surface area (Å²) in [4.78, 5) is 25.5. The van der Waals surface area contributed by atoms with E-state index in [1.165, 1.54) is 7.11 Å². The van der Waals surface area contributed by atoms with E-state index in [1.54, 1.807) is 17.0 Å². The summed E-state index contributed by atoms with van der Waals surface area (Å²) in [6, 6.07) is 7.39. The van der Waals surface area contributed by atoms with Gasteiger partial charge in [0.2, 0.25) is 0 Å². The lowest BCUT2D eigenvalue weighted by Crippen LogP contribution is -2.53. The molecule has 7 heteroatoms. The summed E-state index contributed by atoms with van der Waals surface area (Å²) >= 11 is 0. The van der Waals surface area contributed by atoms with Gasteiger partial charge in [-0.2, -0.15) is 0 Å². The van der Waals surface area contributed by atoms with Gasteiger partial charge >= 0.3 is 12.1 Å². The van der Waals surface area contributed by atoms with Gasteiger partial charge in [-0.1, -0.05) is 12.1 Å². The Bertz CT molecular complexity index is 687. The van der Waals surface area contributed by atoms with Crippen LogP contribution in [0.3, 0.4) is 0 Å². The topological polar surface area (TPSA) is 77.1 Å². The lowest BCUT2D eigenvalue weighted by atomic mass is 9.97. The maximum Gasteiger partial charge on any atom is 0.410 e. The van der Waals surface area contributed by atoms with Crippen LogP contribution in [0.2, 0.25) is 0 Å². The van der Waals surface area contributed by atoms with Crippen LogP contribution >= 0.6 is 0 Å². The lowest BCUT2D eigenvalue weighted by Gasteiger charge is -2.38. The molecule has 0 aliphatic carbocycles. The zero-order chi connectivity index (χ0) is 19.7. The van der Waals surface area contributed by atoms with Crippen molar-refractivity contribution in [3.05, 3.63) is 35.4 Å². The zero-order valence-corrected chi connectivity index (χ0v) is 16.4. The van der Waals surface area contributed by atoms with E-state index >= 15 is 0 Å². The van der Waals surface area contributed by atoms with E-state index in [9.17, 15) is 9.59 Å². The number of benzene rings is 1. The summed E-state index contributed by atoms with van der Waals surface area (Å²) in [5.74, 6) is -0.346. The number of morpholine rings is 1. The number of carbonyl (C=O) groups excluding carboxylic acids is 2. The number of ether oxygens (including phenoxy) is 3. The number of esters is 1. The Hall–Kier alpha value is -2.12. The molecule has 7 nitrogen and oxygen atoms in total. The van der Waals surface area contributed by atoms with E-state index in [0.717, 1.165) is 12.0 Å². The number of hydrogen-bond donors (Lipinski definition) is 1.